The Morgan fingerprint density at radius 1 is 1.08 bits per heavy atom. The number of amides is 2. The van der Waals surface area contributed by atoms with Crippen LogP contribution in [0.4, 0.5) is 5.82 Å². The largest absolute Gasteiger partial charge is 0.481 e. The second-order valence-electron chi connectivity index (χ2n) is 11.7. The van der Waals surface area contributed by atoms with E-state index in [2.05, 4.69) is 34.4 Å². The molecule has 1 saturated heterocycles. The van der Waals surface area contributed by atoms with Gasteiger partial charge in [0.05, 0.1) is 26.1 Å². The van der Waals surface area contributed by atoms with Gasteiger partial charge in [-0.15, -0.1) is 0 Å². The second kappa shape index (κ2) is 18.4. The Morgan fingerprint density at radius 2 is 1.75 bits per heavy atom. The van der Waals surface area contributed by atoms with Crippen molar-refractivity contribution >= 4 is 58.2 Å². The van der Waals surface area contributed by atoms with Gasteiger partial charge in [-0.1, -0.05) is 19.9 Å². The van der Waals surface area contributed by atoms with Gasteiger partial charge in [0.2, 0.25) is 11.8 Å². The van der Waals surface area contributed by atoms with Crippen molar-refractivity contribution < 1.29 is 85.2 Å². The number of imidazole rings is 1. The number of nitrogen functional groups attached to an aromatic ring is 1. The van der Waals surface area contributed by atoms with Gasteiger partial charge in [0.1, 0.15) is 42.9 Å². The quantitative estimate of drug-likeness (QED) is 0.0318. The minimum atomic E-state index is -5.57. The van der Waals surface area contributed by atoms with Gasteiger partial charge in [0, 0.05) is 24.5 Å². The number of carbonyl (C=O) groups is 3. The zero-order valence-corrected chi connectivity index (χ0v) is 30.9. The molecule has 3 rings (SSSR count). The average Bonchev–Trinajstić information content (AvgIpc) is 3.61. The van der Waals surface area contributed by atoms with Crippen LogP contribution in [0.25, 0.3) is 11.2 Å². The number of rotatable bonds is 20. The number of aromatic nitrogens is 4. The lowest BCUT2D eigenvalue weighted by molar-refractivity contribution is -0.138. The van der Waals surface area contributed by atoms with Crippen molar-refractivity contribution in [1.29, 1.82) is 0 Å². The molecule has 0 aromatic carbocycles. The maximum absolute atomic E-state index is 12.6. The number of anilines is 1. The number of aliphatic hydroxyl groups excluding tert-OH is 2. The molecule has 2 unspecified atom stereocenters. The van der Waals surface area contributed by atoms with Crippen molar-refractivity contribution in [3.05, 3.63) is 24.8 Å². The standard InChI is InChI=1S/C25H40N7O18P3/c1-4-5-16(34)45-9-8-27-15(33)6-7-28-23(37)20(36)25(2,3)11-47-53(43,44)50-52(41,42)46-10-14-19(49-51(38,39)40)18(35)24(48-14)32-13-31-17-21(26)29-12-30-22(17)32/h4-5,12-14,18-20,24,35-36H,6-11H2,1-3H3,(H,27,33)(H,28,37)(H,41,42)(H,43,44)(H2,26,29,30)(H2,38,39,40)/b5-4+/t14-,18-,19-,20+,24-/m1/s1. The third-order valence-electron chi connectivity index (χ3n) is 7.05. The average molecular weight is 820 g/mol. The highest BCUT2D eigenvalue weighted by Gasteiger charge is 2.50. The van der Waals surface area contributed by atoms with E-state index >= 15 is 0 Å². The Balaban J connectivity index is 1.52. The van der Waals surface area contributed by atoms with E-state index in [1.54, 1.807) is 6.92 Å². The summed E-state index contributed by atoms with van der Waals surface area (Å²) in [6, 6.07) is 0. The summed E-state index contributed by atoms with van der Waals surface area (Å²) < 4.78 is 66.7. The van der Waals surface area contributed by atoms with E-state index in [1.165, 1.54) is 26.0 Å². The van der Waals surface area contributed by atoms with Crippen LogP contribution in [-0.4, -0.2) is 124 Å². The van der Waals surface area contributed by atoms with Crippen LogP contribution >= 0.6 is 23.5 Å². The van der Waals surface area contributed by atoms with Crippen molar-refractivity contribution in [2.24, 2.45) is 5.41 Å². The maximum Gasteiger partial charge on any atom is 0.481 e. The number of aliphatic hydroxyl groups is 2. The summed E-state index contributed by atoms with van der Waals surface area (Å²) in [6.45, 7) is 1.76. The second-order valence-corrected chi connectivity index (χ2v) is 16.0. The number of hydrogen-bond donors (Lipinski definition) is 9. The fourth-order valence-electron chi connectivity index (χ4n) is 4.47. The molecule has 25 nitrogen and oxygen atoms in total. The molecule has 0 bridgehead atoms. The van der Waals surface area contributed by atoms with Crippen LogP contribution in [0, 0.1) is 5.41 Å². The van der Waals surface area contributed by atoms with Crippen LogP contribution in [0.15, 0.2) is 24.8 Å². The lowest BCUT2D eigenvalue weighted by Crippen LogP contribution is -2.46. The van der Waals surface area contributed by atoms with E-state index in [0.29, 0.717) is 0 Å². The summed E-state index contributed by atoms with van der Waals surface area (Å²) in [5.41, 5.74) is 4.23. The van der Waals surface area contributed by atoms with Gasteiger partial charge in [0.25, 0.3) is 0 Å². The molecule has 1 fully saturated rings. The smallest absolute Gasteiger partial charge is 0.461 e. The van der Waals surface area contributed by atoms with Crippen molar-refractivity contribution in [2.45, 2.75) is 57.8 Å². The summed E-state index contributed by atoms with van der Waals surface area (Å²) >= 11 is 0. The predicted octanol–water partition coefficient (Wildman–Crippen LogP) is -1.48. The number of ether oxygens (including phenoxy) is 2. The monoisotopic (exact) mass is 819 g/mol. The van der Waals surface area contributed by atoms with E-state index in [4.69, 9.17) is 24.3 Å². The Kier molecular flexibility index (Phi) is 15.3. The highest BCUT2D eigenvalue weighted by Crippen LogP contribution is 2.61. The third-order valence-corrected chi connectivity index (χ3v) is 10.1. The fourth-order valence-corrected chi connectivity index (χ4v) is 7.30. The molecular formula is C25H40N7O18P3. The first kappa shape index (κ1) is 44.1. The molecule has 3 heterocycles. The topological polar surface area (TPSA) is 373 Å². The third kappa shape index (κ3) is 13.2. The predicted molar refractivity (Wildman–Crippen MR) is 175 cm³/mol. The van der Waals surface area contributed by atoms with Crippen LogP contribution in [0.3, 0.4) is 0 Å². The zero-order chi connectivity index (χ0) is 39.8. The molecule has 53 heavy (non-hydrogen) atoms. The first-order chi connectivity index (χ1) is 24.6. The van der Waals surface area contributed by atoms with Crippen LogP contribution in [0.1, 0.15) is 33.4 Å². The van der Waals surface area contributed by atoms with Crippen LogP contribution in [0.5, 0.6) is 0 Å². The van der Waals surface area contributed by atoms with Gasteiger partial charge in [-0.25, -0.2) is 33.4 Å². The number of carbonyl (C=O) groups excluding carboxylic acids is 3. The van der Waals surface area contributed by atoms with E-state index in [1.807, 2.05) is 0 Å². The van der Waals surface area contributed by atoms with E-state index in [-0.39, 0.29) is 43.1 Å². The Hall–Kier alpha value is -3.25. The number of esters is 1. The molecule has 1 aliphatic rings. The molecule has 2 aromatic heterocycles. The molecule has 2 aromatic rings. The molecule has 0 radical (unpaired) electrons. The molecular weight excluding hydrogens is 779 g/mol. The molecule has 10 N–H and O–H groups in total. The first-order valence-electron chi connectivity index (χ1n) is 15.2. The van der Waals surface area contributed by atoms with E-state index < -0.39 is 90.5 Å². The number of nitrogens with one attached hydrogen (secondary N) is 2. The lowest BCUT2D eigenvalue weighted by Gasteiger charge is -2.30. The van der Waals surface area contributed by atoms with Crippen molar-refractivity contribution in [2.75, 3.05) is 38.6 Å². The molecule has 0 saturated carbocycles. The summed E-state index contributed by atoms with van der Waals surface area (Å²) in [5.74, 6) is -2.14. The molecule has 7 atom stereocenters. The van der Waals surface area contributed by atoms with Gasteiger partial charge in [-0.2, -0.15) is 4.31 Å². The minimum Gasteiger partial charge on any atom is -0.461 e. The van der Waals surface area contributed by atoms with E-state index in [9.17, 15) is 57.9 Å². The molecule has 2 amide bonds. The SMILES string of the molecule is C/C=C/C(=O)OCCNC(=O)CCNC(=O)[C@H](O)C(C)(C)COP(=O)(O)OP(=O)(O)OC[C@H]1O[C@@H](n2cnc3c(N)ncnc32)[C@H](O)[C@@H]1OP(=O)(O)O. The summed E-state index contributed by atoms with van der Waals surface area (Å²) in [6.07, 6.45) is -4.31. The molecule has 298 valence electrons. The van der Waals surface area contributed by atoms with Crippen molar-refractivity contribution in [3.8, 4) is 0 Å². The highest BCUT2D eigenvalue weighted by molar-refractivity contribution is 7.61. The first-order valence-corrected chi connectivity index (χ1v) is 19.8. The Labute approximate surface area is 300 Å². The maximum atomic E-state index is 12.6. The number of phosphoric ester groups is 3. The number of nitrogens with zero attached hydrogens (tertiary/aromatic N) is 4. The molecule has 28 heteroatoms. The molecule has 1 aliphatic heterocycles. The van der Waals surface area contributed by atoms with E-state index in [0.717, 1.165) is 17.2 Å². The van der Waals surface area contributed by atoms with Crippen LogP contribution in [0.2, 0.25) is 0 Å². The minimum absolute atomic E-state index is 0.0119. The van der Waals surface area contributed by atoms with Gasteiger partial charge >= 0.3 is 29.4 Å². The molecule has 0 spiro atoms. The van der Waals surface area contributed by atoms with Gasteiger partial charge in [-0.3, -0.25) is 27.7 Å². The van der Waals surface area contributed by atoms with Crippen LogP contribution in [-0.2, 0) is 55.4 Å². The highest BCUT2D eigenvalue weighted by atomic mass is 31.3. The number of fused-ring (bicyclic) bond motifs is 1. The summed E-state index contributed by atoms with van der Waals surface area (Å²) in [5, 5.41) is 26.1. The number of hydrogen-bond acceptors (Lipinski definition) is 18. The summed E-state index contributed by atoms with van der Waals surface area (Å²) in [4.78, 5) is 86.4. The van der Waals surface area contributed by atoms with Crippen LogP contribution < -0.4 is 16.4 Å². The normalized spacial score (nSPS) is 22.3. The Morgan fingerprint density at radius 3 is 2.42 bits per heavy atom. The number of phosphoric acid groups is 3. The number of nitrogens with two attached hydrogens (primary N) is 1. The van der Waals surface area contributed by atoms with Gasteiger partial charge in [0.15, 0.2) is 17.7 Å². The lowest BCUT2D eigenvalue weighted by atomic mass is 9.87. The fraction of sp³-hybridized carbons (Fsp3) is 0.600. The van der Waals surface area contributed by atoms with Gasteiger partial charge in [-0.05, 0) is 6.92 Å². The summed E-state index contributed by atoms with van der Waals surface area (Å²) in [7, 11) is -16.4. The van der Waals surface area contributed by atoms with Crippen molar-refractivity contribution in [1.82, 2.24) is 30.2 Å². The zero-order valence-electron chi connectivity index (χ0n) is 28.2. The van der Waals surface area contributed by atoms with Gasteiger partial charge < -0.3 is 55.6 Å². The molecule has 0 aliphatic carbocycles. The van der Waals surface area contributed by atoms with Crippen molar-refractivity contribution in [3.63, 3.8) is 0 Å². The Bertz CT molecular complexity index is 1790. The number of allylic oxidation sites excluding steroid dienone is 1.